The van der Waals surface area contributed by atoms with E-state index in [1.54, 1.807) is 7.05 Å². The van der Waals surface area contributed by atoms with Crippen molar-refractivity contribution in [2.24, 2.45) is 10.9 Å². The van der Waals surface area contributed by atoms with E-state index in [1.807, 2.05) is 13.8 Å². The number of halogens is 1. The second-order valence-corrected chi connectivity index (χ2v) is 4.45. The Morgan fingerprint density at radius 1 is 1.33 bits per heavy atom. The predicted molar refractivity (Wildman–Crippen MR) is 84.4 cm³/mol. The van der Waals surface area contributed by atoms with Crippen molar-refractivity contribution in [3.05, 3.63) is 17.3 Å². The molecular weight excluding hydrogens is 343 g/mol. The lowest BCUT2D eigenvalue weighted by Crippen LogP contribution is -2.38. The Morgan fingerprint density at radius 2 is 2.00 bits per heavy atom. The fourth-order valence-corrected chi connectivity index (χ4v) is 1.30. The van der Waals surface area contributed by atoms with Gasteiger partial charge in [0.15, 0.2) is 5.96 Å². The molecule has 1 aromatic heterocycles. The van der Waals surface area contributed by atoms with Crippen LogP contribution in [0.4, 0.5) is 0 Å². The van der Waals surface area contributed by atoms with Crippen molar-refractivity contribution in [3.63, 3.8) is 0 Å². The summed E-state index contributed by atoms with van der Waals surface area (Å²) >= 11 is 0. The zero-order valence-electron chi connectivity index (χ0n) is 11.7. The zero-order valence-corrected chi connectivity index (χ0v) is 14.0. The van der Waals surface area contributed by atoms with Crippen LogP contribution in [0.5, 0.6) is 0 Å². The van der Waals surface area contributed by atoms with Crippen LogP contribution in [0.1, 0.15) is 31.2 Å². The van der Waals surface area contributed by atoms with E-state index < -0.39 is 0 Å². The second kappa shape index (κ2) is 8.34. The summed E-state index contributed by atoms with van der Waals surface area (Å²) in [6.07, 6.45) is 0. The van der Waals surface area contributed by atoms with Crippen LogP contribution >= 0.6 is 24.0 Å². The quantitative estimate of drug-likeness (QED) is 0.487. The van der Waals surface area contributed by atoms with Gasteiger partial charge in [-0.2, -0.15) is 0 Å². The lowest BCUT2D eigenvalue weighted by atomic mass is 10.2. The molecule has 1 heterocycles. The zero-order chi connectivity index (χ0) is 12.8. The number of aromatic nitrogens is 1. The number of oxazole rings is 1. The van der Waals surface area contributed by atoms with E-state index in [0.29, 0.717) is 18.4 Å². The highest BCUT2D eigenvalue weighted by molar-refractivity contribution is 14.0. The van der Waals surface area contributed by atoms with Crippen LogP contribution in [-0.2, 0) is 6.54 Å². The highest BCUT2D eigenvalue weighted by atomic mass is 127. The average molecular weight is 366 g/mol. The molecule has 104 valence electrons. The van der Waals surface area contributed by atoms with Crippen LogP contribution < -0.4 is 10.6 Å². The van der Waals surface area contributed by atoms with Gasteiger partial charge in [-0.15, -0.1) is 24.0 Å². The summed E-state index contributed by atoms with van der Waals surface area (Å²) in [5.41, 5.74) is 0.937. The molecule has 5 nitrogen and oxygen atoms in total. The summed E-state index contributed by atoms with van der Waals surface area (Å²) in [5, 5.41) is 6.39. The van der Waals surface area contributed by atoms with Gasteiger partial charge >= 0.3 is 0 Å². The Balaban J connectivity index is 0.00000289. The first kappa shape index (κ1) is 17.2. The van der Waals surface area contributed by atoms with E-state index in [0.717, 1.165) is 24.0 Å². The van der Waals surface area contributed by atoms with Gasteiger partial charge in [0.25, 0.3) is 0 Å². The second-order valence-electron chi connectivity index (χ2n) is 4.45. The molecule has 0 saturated heterocycles. The minimum absolute atomic E-state index is 0. The van der Waals surface area contributed by atoms with E-state index in [9.17, 15) is 0 Å². The van der Waals surface area contributed by atoms with Gasteiger partial charge in [0.1, 0.15) is 5.76 Å². The highest BCUT2D eigenvalue weighted by Gasteiger charge is 2.06. The molecule has 1 rings (SSSR count). The molecule has 0 aliphatic heterocycles. The van der Waals surface area contributed by atoms with E-state index in [2.05, 4.69) is 34.5 Å². The van der Waals surface area contributed by atoms with Crippen molar-refractivity contribution in [3.8, 4) is 0 Å². The Hall–Kier alpha value is -0.790. The Bertz CT molecular complexity index is 368. The third-order valence-corrected chi connectivity index (χ3v) is 2.38. The monoisotopic (exact) mass is 366 g/mol. The lowest BCUT2D eigenvalue weighted by Gasteiger charge is -2.12. The molecule has 0 spiro atoms. The maximum Gasteiger partial charge on any atom is 0.214 e. The third kappa shape index (κ3) is 5.70. The summed E-state index contributed by atoms with van der Waals surface area (Å²) in [5.74, 6) is 2.91. The highest BCUT2D eigenvalue weighted by Crippen LogP contribution is 2.07. The molecule has 0 aliphatic carbocycles. The fraction of sp³-hybridized carbons (Fsp3) is 0.667. The number of aryl methyl sites for hydroxylation is 2. The van der Waals surface area contributed by atoms with Crippen molar-refractivity contribution >= 4 is 29.9 Å². The van der Waals surface area contributed by atoms with Crippen molar-refractivity contribution < 1.29 is 4.42 Å². The van der Waals surface area contributed by atoms with Crippen LogP contribution in [0.2, 0.25) is 0 Å². The molecule has 0 unspecified atom stereocenters. The van der Waals surface area contributed by atoms with E-state index >= 15 is 0 Å². The van der Waals surface area contributed by atoms with Crippen molar-refractivity contribution in [1.29, 1.82) is 0 Å². The summed E-state index contributed by atoms with van der Waals surface area (Å²) in [7, 11) is 1.75. The molecule has 0 fully saturated rings. The lowest BCUT2D eigenvalue weighted by molar-refractivity contribution is 0.463. The van der Waals surface area contributed by atoms with E-state index in [-0.39, 0.29) is 24.0 Å². The number of nitrogens with one attached hydrogen (secondary N) is 2. The van der Waals surface area contributed by atoms with Gasteiger partial charge in [0.2, 0.25) is 5.89 Å². The van der Waals surface area contributed by atoms with Gasteiger partial charge in [-0.3, -0.25) is 4.99 Å². The van der Waals surface area contributed by atoms with E-state index in [4.69, 9.17) is 4.42 Å². The van der Waals surface area contributed by atoms with Crippen molar-refractivity contribution in [2.45, 2.75) is 34.2 Å². The Kier molecular flexibility index (Phi) is 7.97. The molecule has 0 bridgehead atoms. The van der Waals surface area contributed by atoms with Crippen LogP contribution in [0.3, 0.4) is 0 Å². The number of hydrogen-bond acceptors (Lipinski definition) is 3. The fourth-order valence-electron chi connectivity index (χ4n) is 1.30. The summed E-state index contributed by atoms with van der Waals surface area (Å²) in [6.45, 7) is 9.60. The minimum Gasteiger partial charge on any atom is -0.444 e. The van der Waals surface area contributed by atoms with Gasteiger partial charge in [0.05, 0.1) is 12.2 Å². The first-order chi connectivity index (χ1) is 8.02. The first-order valence-electron chi connectivity index (χ1n) is 5.90. The van der Waals surface area contributed by atoms with Crippen LogP contribution in [0.25, 0.3) is 0 Å². The van der Waals surface area contributed by atoms with Gasteiger partial charge in [-0.05, 0) is 19.8 Å². The van der Waals surface area contributed by atoms with Gasteiger partial charge in [0, 0.05) is 13.6 Å². The normalized spacial score (nSPS) is 11.3. The third-order valence-electron chi connectivity index (χ3n) is 2.38. The molecule has 1 aromatic rings. The summed E-state index contributed by atoms with van der Waals surface area (Å²) in [6, 6.07) is 0. The molecule has 18 heavy (non-hydrogen) atoms. The molecule has 0 saturated carbocycles. The number of rotatable bonds is 4. The SMILES string of the molecule is CN=C(NCc1nc(C)c(C)o1)NCC(C)C.I. The summed E-state index contributed by atoms with van der Waals surface area (Å²) in [4.78, 5) is 8.43. The molecule has 0 radical (unpaired) electrons. The molecular formula is C12H23IN4O. The number of hydrogen-bond donors (Lipinski definition) is 2. The standard InChI is InChI=1S/C12H22N4O.HI/c1-8(2)6-14-12(13-5)15-7-11-16-9(3)10(4)17-11;/h8H,6-7H2,1-5H3,(H2,13,14,15);1H. The minimum atomic E-state index is 0. The Morgan fingerprint density at radius 3 is 2.44 bits per heavy atom. The molecule has 2 N–H and O–H groups in total. The van der Waals surface area contributed by atoms with E-state index in [1.165, 1.54) is 0 Å². The largest absolute Gasteiger partial charge is 0.444 e. The number of guanidine groups is 1. The average Bonchev–Trinajstić information content (AvgIpc) is 2.58. The smallest absolute Gasteiger partial charge is 0.214 e. The molecule has 0 amide bonds. The van der Waals surface area contributed by atoms with Gasteiger partial charge in [-0.25, -0.2) is 4.98 Å². The van der Waals surface area contributed by atoms with Gasteiger partial charge < -0.3 is 15.1 Å². The number of nitrogens with zero attached hydrogens (tertiary/aromatic N) is 2. The van der Waals surface area contributed by atoms with Crippen LogP contribution in [0.15, 0.2) is 9.41 Å². The maximum atomic E-state index is 5.48. The van der Waals surface area contributed by atoms with Gasteiger partial charge in [-0.1, -0.05) is 13.8 Å². The molecule has 6 heteroatoms. The first-order valence-corrected chi connectivity index (χ1v) is 5.90. The predicted octanol–water partition coefficient (Wildman–Crippen LogP) is 2.23. The number of aliphatic imine (C=N–C) groups is 1. The van der Waals surface area contributed by atoms with Crippen molar-refractivity contribution in [2.75, 3.05) is 13.6 Å². The van der Waals surface area contributed by atoms with Crippen LogP contribution in [-0.4, -0.2) is 24.5 Å². The maximum absolute atomic E-state index is 5.48. The molecule has 0 aliphatic rings. The van der Waals surface area contributed by atoms with Crippen LogP contribution in [0, 0.1) is 19.8 Å². The van der Waals surface area contributed by atoms with Crippen molar-refractivity contribution in [1.82, 2.24) is 15.6 Å². The summed E-state index contributed by atoms with van der Waals surface area (Å²) < 4.78 is 5.48. The molecule has 0 aromatic carbocycles. The Labute approximate surface area is 126 Å². The molecule has 0 atom stereocenters. The topological polar surface area (TPSA) is 62.5 Å².